The normalized spacial score (nSPS) is 10.7. The first kappa shape index (κ1) is 12.3. The Kier molecular flexibility index (Phi) is 2.90. The second-order valence-electron chi connectivity index (χ2n) is 4.37. The van der Waals surface area contributed by atoms with Gasteiger partial charge < -0.3 is 15.4 Å². The van der Waals surface area contributed by atoms with E-state index in [-0.39, 0.29) is 0 Å². The summed E-state index contributed by atoms with van der Waals surface area (Å²) in [7, 11) is 3.57. The number of fused-ring (bicyclic) bond motifs is 1. The van der Waals surface area contributed by atoms with Gasteiger partial charge in [0.1, 0.15) is 5.75 Å². The molecule has 6 heteroatoms. The number of aromatic nitrogens is 2. The molecule has 102 valence electrons. The lowest BCUT2D eigenvalue weighted by Gasteiger charge is -2.21. The number of para-hydroxylation sites is 2. The largest absolute Gasteiger partial charge is 0.495 e. The number of hydrogen-bond acceptors (Lipinski definition) is 6. The van der Waals surface area contributed by atoms with Crippen LogP contribution < -0.4 is 15.4 Å². The zero-order valence-corrected chi connectivity index (χ0v) is 11.2. The highest BCUT2D eigenvalue weighted by atomic mass is 16.6. The molecule has 0 spiro atoms. The van der Waals surface area contributed by atoms with Crippen molar-refractivity contribution in [3.05, 3.63) is 36.4 Å². The maximum Gasteiger partial charge on any atom is 0.160 e. The second kappa shape index (κ2) is 4.73. The molecule has 6 nitrogen and oxygen atoms in total. The number of methoxy groups -OCH3 is 1. The number of nitrogens with zero attached hydrogens (tertiary/aromatic N) is 3. The third-order valence-electron chi connectivity index (χ3n) is 3.23. The first-order chi connectivity index (χ1) is 9.72. The second-order valence-corrected chi connectivity index (χ2v) is 4.37. The van der Waals surface area contributed by atoms with Crippen LogP contribution in [0.1, 0.15) is 0 Å². The minimum Gasteiger partial charge on any atom is -0.495 e. The fourth-order valence-corrected chi connectivity index (χ4v) is 2.18. The zero-order chi connectivity index (χ0) is 14.1. The zero-order valence-electron chi connectivity index (χ0n) is 11.2. The summed E-state index contributed by atoms with van der Waals surface area (Å²) in [4.78, 5) is 1.96. The lowest BCUT2D eigenvalue weighted by Crippen LogP contribution is -2.11. The van der Waals surface area contributed by atoms with Crippen molar-refractivity contribution in [3.8, 4) is 5.75 Å². The van der Waals surface area contributed by atoms with Crippen LogP contribution in [-0.4, -0.2) is 24.5 Å². The Hall–Kier alpha value is -2.76. The molecule has 0 atom stereocenters. The molecule has 3 rings (SSSR count). The molecule has 0 saturated carbocycles. The van der Waals surface area contributed by atoms with Crippen molar-refractivity contribution in [1.29, 1.82) is 0 Å². The van der Waals surface area contributed by atoms with Crippen LogP contribution in [0.3, 0.4) is 0 Å². The molecular formula is C14H14N4O2. The molecule has 3 aromatic rings. The molecule has 1 heterocycles. The number of ether oxygens (including phenoxy) is 1. The lowest BCUT2D eigenvalue weighted by atomic mass is 10.2. The maximum absolute atomic E-state index is 5.86. The van der Waals surface area contributed by atoms with Gasteiger partial charge in [-0.05, 0) is 34.6 Å². The van der Waals surface area contributed by atoms with Crippen LogP contribution in [0.2, 0.25) is 0 Å². The summed E-state index contributed by atoms with van der Waals surface area (Å²) in [6.07, 6.45) is 0. The van der Waals surface area contributed by atoms with E-state index in [2.05, 4.69) is 10.3 Å². The van der Waals surface area contributed by atoms with Crippen molar-refractivity contribution in [1.82, 2.24) is 10.3 Å². The Morgan fingerprint density at radius 1 is 1.05 bits per heavy atom. The number of rotatable bonds is 3. The van der Waals surface area contributed by atoms with Crippen LogP contribution in [-0.2, 0) is 0 Å². The number of nitrogens with two attached hydrogens (primary N) is 1. The predicted molar refractivity (Wildman–Crippen MR) is 77.3 cm³/mol. The minimum atomic E-state index is 0.540. The molecule has 20 heavy (non-hydrogen) atoms. The molecule has 0 aliphatic carbocycles. The van der Waals surface area contributed by atoms with Crippen LogP contribution in [0.15, 0.2) is 41.0 Å². The molecule has 0 unspecified atom stereocenters. The third-order valence-corrected chi connectivity index (χ3v) is 3.23. The van der Waals surface area contributed by atoms with Crippen molar-refractivity contribution in [3.63, 3.8) is 0 Å². The number of hydrogen-bond donors (Lipinski definition) is 1. The van der Waals surface area contributed by atoms with E-state index in [4.69, 9.17) is 15.1 Å². The Bertz CT molecular complexity index is 754. The molecule has 0 radical (unpaired) electrons. The van der Waals surface area contributed by atoms with E-state index in [9.17, 15) is 0 Å². The number of anilines is 3. The smallest absolute Gasteiger partial charge is 0.160 e. The van der Waals surface area contributed by atoms with Crippen LogP contribution in [0.25, 0.3) is 11.0 Å². The van der Waals surface area contributed by atoms with Crippen molar-refractivity contribution >= 4 is 28.1 Å². The van der Waals surface area contributed by atoms with Crippen molar-refractivity contribution in [2.45, 2.75) is 0 Å². The van der Waals surface area contributed by atoms with Gasteiger partial charge >= 0.3 is 0 Å². The van der Waals surface area contributed by atoms with Gasteiger partial charge in [-0.15, -0.1) is 0 Å². The van der Waals surface area contributed by atoms with Crippen LogP contribution >= 0.6 is 0 Å². The van der Waals surface area contributed by atoms with E-state index < -0.39 is 0 Å². The Balaban J connectivity index is 2.15. The summed E-state index contributed by atoms with van der Waals surface area (Å²) in [6, 6.07) is 11.4. The topological polar surface area (TPSA) is 77.4 Å². The summed E-state index contributed by atoms with van der Waals surface area (Å²) >= 11 is 0. The summed E-state index contributed by atoms with van der Waals surface area (Å²) in [5.74, 6) is 0.774. The monoisotopic (exact) mass is 270 g/mol. The van der Waals surface area contributed by atoms with E-state index in [0.717, 1.165) is 17.1 Å². The highest BCUT2D eigenvalue weighted by Gasteiger charge is 2.16. The standard InChI is InChI=1S/C14H14N4O2/c1-18(10-5-3-4-6-12(10)19-2)11-8-7-9(15)13-14(11)17-20-16-13/h3-8H,15H2,1-2H3. The van der Waals surface area contributed by atoms with Crippen molar-refractivity contribution in [2.24, 2.45) is 0 Å². The first-order valence-electron chi connectivity index (χ1n) is 6.10. The van der Waals surface area contributed by atoms with Gasteiger partial charge in [0.05, 0.1) is 24.2 Å². The van der Waals surface area contributed by atoms with Crippen molar-refractivity contribution in [2.75, 3.05) is 24.8 Å². The molecule has 0 fully saturated rings. The van der Waals surface area contributed by atoms with Crippen LogP contribution in [0.4, 0.5) is 17.1 Å². The van der Waals surface area contributed by atoms with E-state index in [1.54, 1.807) is 13.2 Å². The van der Waals surface area contributed by atoms with Gasteiger partial charge in [0.25, 0.3) is 0 Å². The van der Waals surface area contributed by atoms with E-state index in [0.29, 0.717) is 16.7 Å². The van der Waals surface area contributed by atoms with Crippen molar-refractivity contribution < 1.29 is 9.37 Å². The molecular weight excluding hydrogens is 256 g/mol. The highest BCUT2D eigenvalue weighted by Crippen LogP contribution is 2.36. The first-order valence-corrected chi connectivity index (χ1v) is 6.10. The number of benzene rings is 2. The van der Waals surface area contributed by atoms with E-state index in [1.165, 1.54) is 0 Å². The van der Waals surface area contributed by atoms with E-state index >= 15 is 0 Å². The van der Waals surface area contributed by atoms with Crippen LogP contribution in [0.5, 0.6) is 5.75 Å². The summed E-state index contributed by atoms with van der Waals surface area (Å²) in [5, 5.41) is 7.76. The fraction of sp³-hybridized carbons (Fsp3) is 0.143. The molecule has 2 aromatic carbocycles. The van der Waals surface area contributed by atoms with Gasteiger partial charge in [0.15, 0.2) is 11.0 Å². The molecule has 0 amide bonds. The number of nitrogen functional groups attached to an aromatic ring is 1. The summed E-state index contributed by atoms with van der Waals surface area (Å²) in [6.45, 7) is 0. The molecule has 0 aliphatic heterocycles. The predicted octanol–water partition coefficient (Wildman–Crippen LogP) is 2.58. The Labute approximate surface area is 115 Å². The van der Waals surface area contributed by atoms with Gasteiger partial charge in [0.2, 0.25) is 0 Å². The molecule has 0 aliphatic rings. The van der Waals surface area contributed by atoms with Crippen LogP contribution in [0, 0.1) is 0 Å². The minimum absolute atomic E-state index is 0.540. The summed E-state index contributed by atoms with van der Waals surface area (Å²) < 4.78 is 10.2. The van der Waals surface area contributed by atoms with Gasteiger partial charge in [0, 0.05) is 7.05 Å². The summed E-state index contributed by atoms with van der Waals surface area (Å²) in [5.41, 5.74) is 9.35. The Morgan fingerprint density at radius 2 is 1.80 bits per heavy atom. The third kappa shape index (κ3) is 1.82. The maximum atomic E-state index is 5.86. The van der Waals surface area contributed by atoms with E-state index in [1.807, 2.05) is 42.3 Å². The fourth-order valence-electron chi connectivity index (χ4n) is 2.18. The highest BCUT2D eigenvalue weighted by molar-refractivity contribution is 5.97. The molecule has 0 bridgehead atoms. The molecule has 2 N–H and O–H groups in total. The van der Waals surface area contributed by atoms with Gasteiger partial charge in [-0.3, -0.25) is 0 Å². The molecule has 1 aromatic heterocycles. The average Bonchev–Trinajstić information content (AvgIpc) is 2.97. The van der Waals surface area contributed by atoms with Gasteiger partial charge in [-0.2, -0.15) is 0 Å². The van der Waals surface area contributed by atoms with Gasteiger partial charge in [-0.25, -0.2) is 4.63 Å². The average molecular weight is 270 g/mol. The van der Waals surface area contributed by atoms with Gasteiger partial charge in [-0.1, -0.05) is 12.1 Å². The SMILES string of the molecule is COc1ccccc1N(C)c1ccc(N)c2nonc12. The quantitative estimate of drug-likeness (QED) is 0.737. The molecule has 0 saturated heterocycles. The Morgan fingerprint density at radius 3 is 2.60 bits per heavy atom. The lowest BCUT2D eigenvalue weighted by molar-refractivity contribution is 0.315.